The summed E-state index contributed by atoms with van der Waals surface area (Å²) in [6, 6.07) is 8.23. The van der Waals surface area contributed by atoms with Gasteiger partial charge in [-0.2, -0.15) is 5.10 Å². The third-order valence-electron chi connectivity index (χ3n) is 3.04. The van der Waals surface area contributed by atoms with Crippen LogP contribution < -0.4 is 10.5 Å². The number of benzene rings is 1. The van der Waals surface area contributed by atoms with Crippen molar-refractivity contribution in [2.75, 3.05) is 12.3 Å². The highest BCUT2D eigenvalue weighted by Gasteiger charge is 2.11. The predicted octanol–water partition coefficient (Wildman–Crippen LogP) is 1.64. The number of aromatic nitrogens is 2. The molecule has 0 unspecified atom stereocenters. The highest BCUT2D eigenvalue weighted by Crippen LogP contribution is 2.26. The smallest absolute Gasteiger partial charge is 0.145 e. The number of nitrogens with zero attached hydrogens (tertiary/aromatic N) is 2. The maximum absolute atomic E-state index is 5.57. The standard InChI is InChI=1S/C13H15N3O/c14-13-4-7-16(15-13)6-3-10-1-2-12-11(9-10)5-8-17-12/h1-2,4,7,9H,3,5-6,8H2,(H2,14,15). The summed E-state index contributed by atoms with van der Waals surface area (Å²) in [5.74, 6) is 1.62. The largest absolute Gasteiger partial charge is 0.493 e. The number of fused-ring (bicyclic) bond motifs is 1. The fourth-order valence-corrected chi connectivity index (χ4v) is 2.14. The lowest BCUT2D eigenvalue weighted by Crippen LogP contribution is -2.02. The van der Waals surface area contributed by atoms with Crippen molar-refractivity contribution in [1.82, 2.24) is 9.78 Å². The summed E-state index contributed by atoms with van der Waals surface area (Å²) < 4.78 is 7.36. The lowest BCUT2D eigenvalue weighted by atomic mass is 10.1. The molecule has 0 amide bonds. The Morgan fingerprint density at radius 3 is 3.12 bits per heavy atom. The summed E-state index contributed by atoms with van der Waals surface area (Å²) in [4.78, 5) is 0. The number of nitrogens with two attached hydrogens (primary N) is 1. The highest BCUT2D eigenvalue weighted by atomic mass is 16.5. The van der Waals surface area contributed by atoms with Gasteiger partial charge in [0.2, 0.25) is 0 Å². The number of hydrogen-bond donors (Lipinski definition) is 1. The molecular formula is C13H15N3O. The van der Waals surface area contributed by atoms with Gasteiger partial charge in [-0.25, -0.2) is 0 Å². The van der Waals surface area contributed by atoms with Gasteiger partial charge in [0.1, 0.15) is 11.6 Å². The zero-order valence-corrected chi connectivity index (χ0v) is 9.60. The Morgan fingerprint density at radius 2 is 2.29 bits per heavy atom. The van der Waals surface area contributed by atoms with E-state index >= 15 is 0 Å². The van der Waals surface area contributed by atoms with Gasteiger partial charge in [0.25, 0.3) is 0 Å². The van der Waals surface area contributed by atoms with Gasteiger partial charge >= 0.3 is 0 Å². The van der Waals surface area contributed by atoms with Gasteiger partial charge in [0, 0.05) is 19.2 Å². The quantitative estimate of drug-likeness (QED) is 0.870. The van der Waals surface area contributed by atoms with Crippen molar-refractivity contribution >= 4 is 5.82 Å². The third-order valence-corrected chi connectivity index (χ3v) is 3.04. The van der Waals surface area contributed by atoms with Crippen molar-refractivity contribution in [3.63, 3.8) is 0 Å². The lowest BCUT2D eigenvalue weighted by molar-refractivity contribution is 0.357. The van der Waals surface area contributed by atoms with Crippen LogP contribution in [0.4, 0.5) is 5.82 Å². The van der Waals surface area contributed by atoms with E-state index < -0.39 is 0 Å². The van der Waals surface area contributed by atoms with Crippen LogP contribution in [0, 0.1) is 0 Å². The summed E-state index contributed by atoms with van der Waals surface area (Å²) in [7, 11) is 0. The molecule has 1 aliphatic rings. The van der Waals surface area contributed by atoms with Crippen molar-refractivity contribution in [1.29, 1.82) is 0 Å². The monoisotopic (exact) mass is 229 g/mol. The molecule has 0 spiro atoms. The molecular weight excluding hydrogens is 214 g/mol. The van der Waals surface area contributed by atoms with Gasteiger partial charge < -0.3 is 10.5 Å². The first kappa shape index (κ1) is 10.2. The molecule has 0 fully saturated rings. The minimum Gasteiger partial charge on any atom is -0.493 e. The van der Waals surface area contributed by atoms with Crippen LogP contribution in [0.2, 0.25) is 0 Å². The Kier molecular flexibility index (Phi) is 2.48. The molecule has 0 aliphatic carbocycles. The second-order valence-electron chi connectivity index (χ2n) is 4.29. The van der Waals surface area contributed by atoms with E-state index in [-0.39, 0.29) is 0 Å². The Hall–Kier alpha value is -1.97. The van der Waals surface area contributed by atoms with Crippen LogP contribution >= 0.6 is 0 Å². The normalized spacial score (nSPS) is 13.4. The Morgan fingerprint density at radius 1 is 1.35 bits per heavy atom. The molecule has 0 bridgehead atoms. The van der Waals surface area contributed by atoms with Gasteiger partial charge in [-0.1, -0.05) is 12.1 Å². The van der Waals surface area contributed by atoms with Crippen molar-refractivity contribution in [3.8, 4) is 5.75 Å². The third kappa shape index (κ3) is 2.11. The zero-order chi connectivity index (χ0) is 11.7. The second kappa shape index (κ2) is 4.13. The van der Waals surface area contributed by atoms with E-state index in [0.29, 0.717) is 5.82 Å². The molecule has 3 rings (SSSR count). The minimum absolute atomic E-state index is 0.576. The van der Waals surface area contributed by atoms with Gasteiger partial charge in [-0.05, 0) is 29.7 Å². The SMILES string of the molecule is Nc1ccn(CCc2ccc3c(c2)CCO3)n1. The average molecular weight is 229 g/mol. The Labute approximate surface area is 100 Å². The van der Waals surface area contributed by atoms with Crippen molar-refractivity contribution in [2.45, 2.75) is 19.4 Å². The first-order valence-corrected chi connectivity index (χ1v) is 5.85. The topological polar surface area (TPSA) is 53.1 Å². The van der Waals surface area contributed by atoms with Gasteiger partial charge in [-0.3, -0.25) is 4.68 Å². The highest BCUT2D eigenvalue weighted by molar-refractivity contribution is 5.39. The number of ether oxygens (including phenoxy) is 1. The molecule has 2 N–H and O–H groups in total. The summed E-state index contributed by atoms with van der Waals surface area (Å²) in [5, 5.41) is 4.17. The van der Waals surface area contributed by atoms with Crippen LogP contribution in [0.25, 0.3) is 0 Å². The molecule has 0 saturated carbocycles. The van der Waals surface area contributed by atoms with E-state index in [1.54, 1.807) is 0 Å². The van der Waals surface area contributed by atoms with Crippen LogP contribution in [0.15, 0.2) is 30.5 Å². The van der Waals surface area contributed by atoms with Crippen LogP contribution in [-0.2, 0) is 19.4 Å². The van der Waals surface area contributed by atoms with Crippen LogP contribution in [0.1, 0.15) is 11.1 Å². The minimum atomic E-state index is 0.576. The molecule has 1 aromatic carbocycles. The lowest BCUT2D eigenvalue weighted by Gasteiger charge is -2.04. The molecule has 1 aromatic heterocycles. The van der Waals surface area contributed by atoms with Crippen LogP contribution in [0.3, 0.4) is 0 Å². The predicted molar refractivity (Wildman–Crippen MR) is 66.0 cm³/mol. The Bertz CT molecular complexity index is 533. The number of nitrogen functional groups attached to an aromatic ring is 1. The summed E-state index contributed by atoms with van der Waals surface area (Å²) >= 11 is 0. The van der Waals surface area contributed by atoms with Crippen molar-refractivity contribution in [2.24, 2.45) is 0 Å². The first-order chi connectivity index (χ1) is 8.31. The van der Waals surface area contributed by atoms with Gasteiger partial charge in [0.05, 0.1) is 6.61 Å². The zero-order valence-electron chi connectivity index (χ0n) is 9.60. The fraction of sp³-hybridized carbons (Fsp3) is 0.308. The van der Waals surface area contributed by atoms with Crippen molar-refractivity contribution < 1.29 is 4.74 Å². The summed E-state index contributed by atoms with van der Waals surface area (Å²) in [6.45, 7) is 1.67. The van der Waals surface area contributed by atoms with E-state index in [0.717, 1.165) is 31.7 Å². The van der Waals surface area contributed by atoms with E-state index in [9.17, 15) is 0 Å². The summed E-state index contributed by atoms with van der Waals surface area (Å²) in [6.07, 6.45) is 3.90. The van der Waals surface area contributed by atoms with E-state index in [1.165, 1.54) is 11.1 Å². The molecule has 17 heavy (non-hydrogen) atoms. The fourth-order valence-electron chi connectivity index (χ4n) is 2.14. The molecule has 2 aromatic rings. The Balaban J connectivity index is 1.69. The molecule has 4 heteroatoms. The van der Waals surface area contributed by atoms with Crippen molar-refractivity contribution in [3.05, 3.63) is 41.6 Å². The first-order valence-electron chi connectivity index (χ1n) is 5.85. The maximum Gasteiger partial charge on any atom is 0.145 e. The molecule has 0 saturated heterocycles. The van der Waals surface area contributed by atoms with E-state index in [4.69, 9.17) is 10.5 Å². The molecule has 0 radical (unpaired) electrons. The average Bonchev–Trinajstić information content (AvgIpc) is 2.94. The van der Waals surface area contributed by atoms with E-state index in [2.05, 4.69) is 23.3 Å². The number of hydrogen-bond acceptors (Lipinski definition) is 3. The maximum atomic E-state index is 5.57. The number of rotatable bonds is 3. The van der Waals surface area contributed by atoms with E-state index in [1.807, 2.05) is 16.9 Å². The molecule has 88 valence electrons. The van der Waals surface area contributed by atoms with Gasteiger partial charge in [-0.15, -0.1) is 0 Å². The molecule has 4 nitrogen and oxygen atoms in total. The number of aryl methyl sites for hydroxylation is 2. The summed E-state index contributed by atoms with van der Waals surface area (Å²) in [5.41, 5.74) is 8.22. The second-order valence-corrected chi connectivity index (χ2v) is 4.29. The molecule has 0 atom stereocenters. The van der Waals surface area contributed by atoms with Crippen LogP contribution in [-0.4, -0.2) is 16.4 Å². The van der Waals surface area contributed by atoms with Gasteiger partial charge in [0.15, 0.2) is 0 Å². The molecule has 1 aliphatic heterocycles. The molecule has 2 heterocycles. The van der Waals surface area contributed by atoms with Crippen LogP contribution in [0.5, 0.6) is 5.75 Å². The number of anilines is 1.